The van der Waals surface area contributed by atoms with Gasteiger partial charge in [0.25, 0.3) is 0 Å². The number of carbonyl (C=O) groups is 1. The van der Waals surface area contributed by atoms with Gasteiger partial charge in [-0.15, -0.1) is 12.4 Å². The molecule has 1 aliphatic heterocycles. The van der Waals surface area contributed by atoms with Gasteiger partial charge in [-0.1, -0.05) is 19.6 Å². The Balaban J connectivity index is 0.00000200. The smallest absolute Gasteiger partial charge is 0.242 e. The van der Waals surface area contributed by atoms with Gasteiger partial charge in [-0.05, 0) is 37.0 Å². The Morgan fingerprint density at radius 3 is 2.24 bits per heavy atom. The fourth-order valence-corrected chi connectivity index (χ4v) is 2.33. The number of rotatable bonds is 3. The van der Waals surface area contributed by atoms with Crippen molar-refractivity contribution in [3.8, 4) is 0 Å². The van der Waals surface area contributed by atoms with Crippen molar-refractivity contribution in [1.82, 2.24) is 4.90 Å². The number of carbonyl (C=O) groups excluding carboxylic acids is 1. The first-order valence-corrected chi connectivity index (χ1v) is 6.57. The highest BCUT2D eigenvalue weighted by atomic mass is 35.5. The first-order chi connectivity index (χ1) is 9.09. The summed E-state index contributed by atoms with van der Waals surface area (Å²) in [6.07, 6.45) is 1.98. The van der Waals surface area contributed by atoms with Crippen LogP contribution in [0.25, 0.3) is 0 Å². The molecule has 0 aromatic heterocycles. The van der Waals surface area contributed by atoms with E-state index in [1.54, 1.807) is 4.90 Å². The number of nitrogens with zero attached hydrogens (tertiary/aromatic N) is 1. The van der Waals surface area contributed by atoms with Gasteiger partial charge in [0.2, 0.25) is 5.91 Å². The van der Waals surface area contributed by atoms with E-state index in [2.05, 4.69) is 0 Å². The molecule has 3 N–H and O–H groups in total. The molecule has 0 bridgehead atoms. The first-order valence-electron chi connectivity index (χ1n) is 6.57. The van der Waals surface area contributed by atoms with Gasteiger partial charge in [0.05, 0.1) is 0 Å². The average Bonchev–Trinajstić information content (AvgIpc) is 2.46. The zero-order valence-corrected chi connectivity index (χ0v) is 12.0. The van der Waals surface area contributed by atoms with E-state index in [4.69, 9.17) is 5.73 Å². The van der Waals surface area contributed by atoms with Gasteiger partial charge in [-0.25, -0.2) is 4.39 Å². The highest BCUT2D eigenvalue weighted by Crippen LogP contribution is 2.19. The van der Waals surface area contributed by atoms with Crippen molar-refractivity contribution in [2.45, 2.75) is 38.8 Å². The molecule has 0 saturated carbocycles. The van der Waals surface area contributed by atoms with Crippen LogP contribution < -0.4 is 5.73 Å². The van der Waals surface area contributed by atoms with Crippen molar-refractivity contribution in [3.63, 3.8) is 0 Å². The number of likely N-dealkylation sites (tertiary alicyclic amines) is 1. The van der Waals surface area contributed by atoms with Crippen LogP contribution in [0.15, 0.2) is 24.3 Å². The van der Waals surface area contributed by atoms with E-state index in [1.807, 2.05) is 0 Å². The molecule has 2 rings (SSSR count). The molecule has 1 aromatic rings. The summed E-state index contributed by atoms with van der Waals surface area (Å²) in [7, 11) is 0. The Labute approximate surface area is 131 Å². The van der Waals surface area contributed by atoms with Crippen LogP contribution in [0.4, 0.5) is 4.39 Å². The normalized spacial score (nSPS) is 17.2. The van der Waals surface area contributed by atoms with Gasteiger partial charge in [-0.3, -0.25) is 4.79 Å². The lowest BCUT2D eigenvalue weighted by molar-refractivity contribution is -0.136. The minimum absolute atomic E-state index is 0. The zero-order chi connectivity index (χ0) is 13.8. The lowest BCUT2D eigenvalue weighted by atomic mass is 10.0. The van der Waals surface area contributed by atoms with E-state index in [9.17, 15) is 14.3 Å². The molecule has 0 spiro atoms. The summed E-state index contributed by atoms with van der Waals surface area (Å²) in [4.78, 5) is 13.8. The largest absolute Gasteiger partial charge is 0.386 e. The molecule has 6 heteroatoms. The highest BCUT2D eigenvalue weighted by molar-refractivity contribution is 5.85. The number of aliphatic hydroxyl groups is 1. The molecular weight excluding hydrogens is 295 g/mol. The lowest BCUT2D eigenvalue weighted by Gasteiger charge is -2.30. The minimum Gasteiger partial charge on any atom is -0.386 e. The fourth-order valence-electron chi connectivity index (χ4n) is 2.33. The molecular formula is C15H24ClFN2O2. The Morgan fingerprint density at radius 2 is 1.71 bits per heavy atom. The van der Waals surface area contributed by atoms with E-state index >= 15 is 0 Å². The molecule has 0 unspecified atom stereocenters. The summed E-state index contributed by atoms with van der Waals surface area (Å²) in [5, 5.41) is 10.1. The molecule has 120 valence electrons. The third-order valence-electron chi connectivity index (χ3n) is 3.50. The fraction of sp³-hybridized carbons (Fsp3) is 0.533. The lowest BCUT2D eigenvalue weighted by Crippen LogP contribution is -2.48. The number of amides is 1. The topological polar surface area (TPSA) is 66.6 Å². The Hall–Kier alpha value is -1.17. The van der Waals surface area contributed by atoms with E-state index in [0.717, 1.165) is 19.3 Å². The van der Waals surface area contributed by atoms with Crippen LogP contribution in [0.1, 0.15) is 38.4 Å². The van der Waals surface area contributed by atoms with E-state index in [1.165, 1.54) is 24.3 Å². The van der Waals surface area contributed by atoms with Crippen LogP contribution in [-0.4, -0.2) is 35.0 Å². The third-order valence-corrected chi connectivity index (χ3v) is 3.50. The number of hydrogen-bond acceptors (Lipinski definition) is 3. The number of halogens is 2. The molecule has 21 heavy (non-hydrogen) atoms. The summed E-state index contributed by atoms with van der Waals surface area (Å²) >= 11 is 0. The SMILES string of the molecule is C.Cl.N[C@@H](C(=O)N1CCCCC1)[C@@H](O)c1ccc(F)cc1. The van der Waals surface area contributed by atoms with Crippen LogP contribution in [-0.2, 0) is 4.79 Å². The molecule has 0 radical (unpaired) electrons. The van der Waals surface area contributed by atoms with E-state index < -0.39 is 12.1 Å². The first kappa shape index (κ1) is 19.8. The van der Waals surface area contributed by atoms with Gasteiger partial charge in [0, 0.05) is 13.1 Å². The van der Waals surface area contributed by atoms with Gasteiger partial charge < -0.3 is 15.7 Å². The quantitative estimate of drug-likeness (QED) is 0.898. The number of benzene rings is 1. The standard InChI is InChI=1S/C14H19FN2O2.CH4.ClH/c15-11-6-4-10(5-7-11)13(18)12(16)14(19)17-8-2-1-3-9-17;;/h4-7,12-13,18H,1-3,8-9,16H2;1H4;1H/t12-,13+;;/m1../s1. The summed E-state index contributed by atoms with van der Waals surface area (Å²) in [5.41, 5.74) is 6.28. The number of piperidine rings is 1. The van der Waals surface area contributed by atoms with Crippen LogP contribution >= 0.6 is 12.4 Å². The maximum Gasteiger partial charge on any atom is 0.242 e. The van der Waals surface area contributed by atoms with Gasteiger partial charge >= 0.3 is 0 Å². The Morgan fingerprint density at radius 1 is 1.19 bits per heavy atom. The number of hydrogen-bond donors (Lipinski definition) is 2. The Kier molecular flexibility index (Phi) is 8.47. The maximum atomic E-state index is 12.8. The van der Waals surface area contributed by atoms with Crippen LogP contribution in [0.3, 0.4) is 0 Å². The van der Waals surface area contributed by atoms with Crippen LogP contribution in [0, 0.1) is 5.82 Å². The van der Waals surface area contributed by atoms with Crippen molar-refractivity contribution < 1.29 is 14.3 Å². The van der Waals surface area contributed by atoms with Gasteiger partial charge in [-0.2, -0.15) is 0 Å². The molecule has 1 aromatic carbocycles. The maximum absolute atomic E-state index is 12.8. The van der Waals surface area contributed by atoms with Crippen molar-refractivity contribution >= 4 is 18.3 Å². The molecule has 1 fully saturated rings. The minimum atomic E-state index is -1.10. The van der Waals surface area contributed by atoms with E-state index in [0.29, 0.717) is 18.7 Å². The highest BCUT2D eigenvalue weighted by Gasteiger charge is 2.28. The average molecular weight is 319 g/mol. The second-order valence-corrected chi connectivity index (χ2v) is 4.91. The molecule has 2 atom stereocenters. The molecule has 1 amide bonds. The van der Waals surface area contributed by atoms with Crippen LogP contribution in [0.2, 0.25) is 0 Å². The van der Waals surface area contributed by atoms with Crippen molar-refractivity contribution in [3.05, 3.63) is 35.6 Å². The van der Waals surface area contributed by atoms with Crippen molar-refractivity contribution in [2.24, 2.45) is 5.73 Å². The molecule has 1 heterocycles. The molecule has 4 nitrogen and oxygen atoms in total. The van der Waals surface area contributed by atoms with Crippen molar-refractivity contribution in [2.75, 3.05) is 13.1 Å². The predicted octanol–water partition coefficient (Wildman–Crippen LogP) is 2.26. The summed E-state index contributed by atoms with van der Waals surface area (Å²) in [5.74, 6) is -0.622. The molecule has 1 aliphatic rings. The second kappa shape index (κ2) is 8.97. The Bertz CT molecular complexity index is 436. The van der Waals surface area contributed by atoms with Gasteiger partial charge in [0.15, 0.2) is 0 Å². The number of aliphatic hydroxyl groups excluding tert-OH is 1. The summed E-state index contributed by atoms with van der Waals surface area (Å²) < 4.78 is 12.8. The van der Waals surface area contributed by atoms with Crippen molar-refractivity contribution in [1.29, 1.82) is 0 Å². The summed E-state index contributed by atoms with van der Waals surface area (Å²) in [6, 6.07) is 4.39. The van der Waals surface area contributed by atoms with Gasteiger partial charge in [0.1, 0.15) is 18.0 Å². The third kappa shape index (κ3) is 4.95. The predicted molar refractivity (Wildman–Crippen MR) is 83.7 cm³/mol. The number of nitrogens with two attached hydrogens (primary N) is 1. The van der Waals surface area contributed by atoms with E-state index in [-0.39, 0.29) is 31.6 Å². The summed E-state index contributed by atoms with van der Waals surface area (Å²) in [6.45, 7) is 1.39. The molecule has 1 saturated heterocycles. The van der Waals surface area contributed by atoms with Crippen LogP contribution in [0.5, 0.6) is 0 Å². The second-order valence-electron chi connectivity index (χ2n) is 4.91. The molecule has 0 aliphatic carbocycles. The monoisotopic (exact) mass is 318 g/mol. The zero-order valence-electron chi connectivity index (χ0n) is 11.2.